The Morgan fingerprint density at radius 3 is 1.04 bits per heavy atom. The molecular formula is C99H106Cl2F10N24O5. The lowest BCUT2D eigenvalue weighted by Gasteiger charge is -2.27. The standard InChI is InChI=1S/C26H30F2N6O2.C26H32N6O2.C24H23F5N6O.C23H21Cl2F3N6/c1-26(27,28)17-29-8-5-9-34(20-10-21(35-3)13-22(11-20)36-4)19-6-7-23-24(12-19)32-25(15-30-23)18-14-31-33(2)16-18;1-17(2)27-9-10-32(20-11-21(33-5)14-22(12-20)34-6)19-7-8-24-25(13-19)30-26(16-28-24)23-15-29-31(4)18(23)3;1-34-13-15(11-32-34)21-12-31-19-5-4-16(9-20(19)33-21)35(7-3-6-30-14-24(27,28)29)17-8-18(25)23(26)22(10-17)36-2;1-33-13-15(11-31-33)22-12-30-20-4-3-18(10-21(20)32-22)34(6-2-5-29-14-23(26,27)28)19-8-16(24)7-17(25)9-19/h6-7,10-16,29H,5,8-9,17H2,1-4H3;7-8,11-17,27H,9-10H2,1-6H3;4-5,8-13,30H,3,6-7,14H2,1-2H3;3-4,7-13,29H,2,5-6,14H2,1H3. The van der Waals surface area contributed by atoms with E-state index < -0.39 is 43.0 Å². The van der Waals surface area contributed by atoms with Crippen molar-refractivity contribution in [1.29, 1.82) is 0 Å². The SMILES string of the molecule is COc1cc(N(CCCNCC(F)(F)F)c2ccc3ncc(-c4cnn(C)c4)nc3c2)cc(F)c1F.COc1cc(OC)cc(N(CCCNCC(C)(F)F)c2ccc3ncc(-c4cnn(C)c4)nc3c2)c1.COc1cc(OC)cc(N(CCNC(C)C)c2ccc3ncc(-c4cnn(C)c4C)nc3c2)c1.Cn1cc(-c2cnc3ccc(N(CCCNCC(F)(F)F)c4cc(Cl)cc(Cl)c4)cc3n2)cn1. The smallest absolute Gasteiger partial charge is 0.401 e. The van der Waals surface area contributed by atoms with Crippen LogP contribution in [0.15, 0.2) is 208 Å². The van der Waals surface area contributed by atoms with Gasteiger partial charge in [-0.15, -0.1) is 0 Å². The molecule has 0 aliphatic rings. The Labute approximate surface area is 811 Å². The van der Waals surface area contributed by atoms with Crippen LogP contribution in [0.4, 0.5) is 89.4 Å². The highest BCUT2D eigenvalue weighted by molar-refractivity contribution is 6.35. The minimum absolute atomic E-state index is 0.0648. The topological polar surface area (TPSA) is 282 Å². The number of benzene rings is 8. The largest absolute Gasteiger partial charge is 0.497 e. The van der Waals surface area contributed by atoms with Crippen LogP contribution in [-0.4, -0.2) is 211 Å². The molecule has 140 heavy (non-hydrogen) atoms. The molecule has 4 N–H and O–H groups in total. The van der Waals surface area contributed by atoms with E-state index >= 15 is 0 Å². The number of nitrogens with one attached hydrogen (secondary N) is 4. The predicted molar refractivity (Wildman–Crippen MR) is 527 cm³/mol. The first kappa shape index (κ1) is 103. The van der Waals surface area contributed by atoms with E-state index in [9.17, 15) is 43.9 Å². The summed E-state index contributed by atoms with van der Waals surface area (Å²) < 4.78 is 163. The normalized spacial score (nSPS) is 11.6. The summed E-state index contributed by atoms with van der Waals surface area (Å²) in [6, 6.07) is 42.3. The van der Waals surface area contributed by atoms with E-state index in [0.717, 1.165) is 133 Å². The molecule has 0 radical (unpaired) electrons. The minimum Gasteiger partial charge on any atom is -0.497 e. The fraction of sp³-hybridized carbons (Fsp3) is 0.313. The Morgan fingerprint density at radius 2 is 0.714 bits per heavy atom. The predicted octanol–water partition coefficient (Wildman–Crippen LogP) is 20.3. The number of nitrogens with zero attached hydrogens (tertiary/aromatic N) is 20. The number of ether oxygens (including phenoxy) is 5. The summed E-state index contributed by atoms with van der Waals surface area (Å²) in [6.07, 6.45) is 12.2. The Balaban J connectivity index is 0.000000157. The lowest BCUT2D eigenvalue weighted by Crippen LogP contribution is -2.32. The molecule has 8 aromatic carbocycles. The van der Waals surface area contributed by atoms with E-state index in [-0.39, 0.29) is 44.0 Å². The molecule has 0 spiro atoms. The van der Waals surface area contributed by atoms with E-state index in [2.05, 4.69) is 102 Å². The van der Waals surface area contributed by atoms with Crippen LogP contribution in [0.25, 0.3) is 89.2 Å². The molecule has 16 rings (SSSR count). The van der Waals surface area contributed by atoms with E-state index in [1.54, 1.807) is 140 Å². The van der Waals surface area contributed by atoms with Gasteiger partial charge in [0.15, 0.2) is 11.6 Å². The number of hydrogen-bond acceptors (Lipinski definition) is 25. The third-order valence-corrected chi connectivity index (χ3v) is 22.4. The van der Waals surface area contributed by atoms with Crippen LogP contribution < -0.4 is 64.6 Å². The van der Waals surface area contributed by atoms with Gasteiger partial charge in [-0.25, -0.2) is 33.1 Å². The van der Waals surface area contributed by atoms with Gasteiger partial charge in [0, 0.05) is 224 Å². The van der Waals surface area contributed by atoms with E-state index in [0.29, 0.717) is 99.2 Å². The number of alkyl halides is 8. The van der Waals surface area contributed by atoms with Crippen LogP contribution in [0.3, 0.4) is 0 Å². The maximum Gasteiger partial charge on any atom is 0.401 e. The zero-order valence-electron chi connectivity index (χ0n) is 79.1. The summed E-state index contributed by atoms with van der Waals surface area (Å²) in [7, 11) is 15.1. The summed E-state index contributed by atoms with van der Waals surface area (Å²) >= 11 is 12.4. The van der Waals surface area contributed by atoms with Crippen LogP contribution in [0, 0.1) is 18.6 Å². The number of hydrogen-bond donors (Lipinski definition) is 4. The molecule has 8 aromatic heterocycles. The first-order valence-corrected chi connectivity index (χ1v) is 45.2. The molecule has 0 aliphatic heterocycles. The first-order chi connectivity index (χ1) is 67.0. The van der Waals surface area contributed by atoms with Gasteiger partial charge in [0.1, 0.15) is 23.0 Å². The van der Waals surface area contributed by atoms with Crippen molar-refractivity contribution in [2.24, 2.45) is 28.2 Å². The number of fused-ring (bicyclic) bond motifs is 4. The Morgan fingerprint density at radius 1 is 0.371 bits per heavy atom. The third-order valence-electron chi connectivity index (χ3n) is 22.0. The molecule has 0 fully saturated rings. The van der Waals surface area contributed by atoms with Crippen molar-refractivity contribution in [1.82, 2.24) is 100 Å². The molecule has 0 amide bonds. The van der Waals surface area contributed by atoms with E-state index in [4.69, 9.17) is 61.8 Å². The molecule has 41 heteroatoms. The highest BCUT2D eigenvalue weighted by Crippen LogP contribution is 2.41. The van der Waals surface area contributed by atoms with Crippen molar-refractivity contribution in [2.45, 2.75) is 71.3 Å². The van der Waals surface area contributed by atoms with Crippen molar-refractivity contribution in [2.75, 3.05) is 127 Å². The highest BCUT2D eigenvalue weighted by Gasteiger charge is 2.29. The van der Waals surface area contributed by atoms with Gasteiger partial charge in [0.25, 0.3) is 5.92 Å². The average molecular weight is 1970 g/mol. The quantitative estimate of drug-likeness (QED) is 0.0208. The molecule has 0 saturated heterocycles. The van der Waals surface area contributed by atoms with Crippen LogP contribution in [0.2, 0.25) is 10.0 Å². The van der Waals surface area contributed by atoms with Gasteiger partial charge < -0.3 is 64.6 Å². The summed E-state index contributed by atoms with van der Waals surface area (Å²) in [6.45, 7) is 8.22. The molecule has 0 unspecified atom stereocenters. The van der Waals surface area contributed by atoms with Crippen molar-refractivity contribution >= 4 is 113 Å². The zero-order valence-corrected chi connectivity index (χ0v) is 80.6. The maximum atomic E-state index is 14.3. The molecular weight excluding hydrogens is 1870 g/mol. The molecule has 0 saturated carbocycles. The molecule has 0 bridgehead atoms. The summed E-state index contributed by atoms with van der Waals surface area (Å²) in [4.78, 5) is 45.2. The van der Waals surface area contributed by atoms with Crippen molar-refractivity contribution < 1.29 is 67.6 Å². The number of halogens is 12. The fourth-order valence-electron chi connectivity index (χ4n) is 15.0. The van der Waals surface area contributed by atoms with E-state index in [1.165, 1.54) is 13.2 Å². The Kier molecular flexibility index (Phi) is 34.7. The second-order valence-corrected chi connectivity index (χ2v) is 33.9. The van der Waals surface area contributed by atoms with Gasteiger partial charge in [-0.2, -0.15) is 51.1 Å². The van der Waals surface area contributed by atoms with Gasteiger partial charge in [-0.1, -0.05) is 37.0 Å². The number of aryl methyl sites for hydroxylation is 4. The minimum atomic E-state index is -4.32. The third kappa shape index (κ3) is 28.3. The number of aromatic nitrogens is 16. The highest BCUT2D eigenvalue weighted by atomic mass is 35.5. The molecule has 736 valence electrons. The second-order valence-electron chi connectivity index (χ2n) is 33.0. The number of rotatable bonds is 37. The Hall–Kier alpha value is -14.1. The zero-order chi connectivity index (χ0) is 100. The van der Waals surface area contributed by atoms with Gasteiger partial charge in [0.2, 0.25) is 5.82 Å². The van der Waals surface area contributed by atoms with Gasteiger partial charge >= 0.3 is 12.4 Å². The summed E-state index contributed by atoms with van der Waals surface area (Å²) in [5.41, 5.74) is 19.2. The van der Waals surface area contributed by atoms with E-state index in [1.807, 2.05) is 135 Å². The van der Waals surface area contributed by atoms with Crippen LogP contribution in [0.1, 0.15) is 45.7 Å². The van der Waals surface area contributed by atoms with Crippen LogP contribution in [0.5, 0.6) is 28.7 Å². The van der Waals surface area contributed by atoms with Crippen molar-refractivity contribution in [3.05, 3.63) is 235 Å². The molecule has 0 atom stereocenters. The second kappa shape index (κ2) is 47.0. The molecule has 8 heterocycles. The fourth-order valence-corrected chi connectivity index (χ4v) is 15.5. The van der Waals surface area contributed by atoms with Crippen molar-refractivity contribution in [3.63, 3.8) is 0 Å². The maximum absolute atomic E-state index is 14.3. The Bertz CT molecular complexity index is 6820. The molecule has 29 nitrogen and oxygen atoms in total. The lowest BCUT2D eigenvalue weighted by molar-refractivity contribution is -0.125. The van der Waals surface area contributed by atoms with Gasteiger partial charge in [-0.3, -0.25) is 38.7 Å². The van der Waals surface area contributed by atoms with Crippen molar-refractivity contribution in [3.8, 4) is 73.8 Å². The van der Waals surface area contributed by atoms with Crippen LogP contribution >= 0.6 is 23.2 Å². The average Bonchev–Trinajstić information content (AvgIpc) is 1.35. The van der Waals surface area contributed by atoms with Gasteiger partial charge in [-0.05, 0) is 137 Å². The molecule has 16 aromatic rings. The summed E-state index contributed by atoms with van der Waals surface area (Å²) in [5.74, 6) is -2.48. The van der Waals surface area contributed by atoms with Crippen LogP contribution in [-0.2, 0) is 28.2 Å². The lowest BCUT2D eigenvalue weighted by atomic mass is 10.1. The monoisotopic (exact) mass is 1970 g/mol. The molecule has 0 aliphatic carbocycles. The first-order valence-electron chi connectivity index (χ1n) is 44.4. The van der Waals surface area contributed by atoms with Gasteiger partial charge in [0.05, 0.1) is 172 Å². The number of methoxy groups -OCH3 is 5. The number of anilines is 8. The summed E-state index contributed by atoms with van der Waals surface area (Å²) in [5, 5.41) is 28.9.